The van der Waals surface area contributed by atoms with Crippen molar-refractivity contribution in [2.24, 2.45) is 0 Å². The maximum absolute atomic E-state index is 13.3. The highest BCUT2D eigenvalue weighted by Crippen LogP contribution is 2.31. The summed E-state index contributed by atoms with van der Waals surface area (Å²) in [5.41, 5.74) is -0.609. The van der Waals surface area contributed by atoms with Crippen LogP contribution in [0.3, 0.4) is 0 Å². The number of halogens is 5. The van der Waals surface area contributed by atoms with Crippen LogP contribution in [0.15, 0.2) is 6.20 Å². The molecule has 0 amide bonds. The molecule has 1 aromatic heterocycles. The molecule has 0 N–H and O–H groups in total. The van der Waals surface area contributed by atoms with Crippen LogP contribution in [0, 0.1) is 5.95 Å². The van der Waals surface area contributed by atoms with Crippen molar-refractivity contribution in [1.82, 2.24) is 4.98 Å². The minimum atomic E-state index is -5.14. The number of hydrogen-bond acceptors (Lipinski definition) is 4. The van der Waals surface area contributed by atoms with Crippen molar-refractivity contribution in [2.75, 3.05) is 6.61 Å². The average molecular weight is 346 g/mol. The number of rotatable bonds is 4. The van der Waals surface area contributed by atoms with Gasteiger partial charge < -0.3 is 9.47 Å². The number of hydrogen-bond donors (Lipinski definition) is 0. The van der Waals surface area contributed by atoms with Gasteiger partial charge in [-0.3, -0.25) is 0 Å². The van der Waals surface area contributed by atoms with Crippen molar-refractivity contribution in [3.63, 3.8) is 0 Å². The molecule has 106 valence electrons. The minimum absolute atomic E-state index is 0.0113. The number of ether oxygens (including phenoxy) is 2. The van der Waals surface area contributed by atoms with Crippen LogP contribution in [0.2, 0.25) is 0 Å². The molecule has 1 rings (SSSR count). The van der Waals surface area contributed by atoms with Crippen LogP contribution in [0.25, 0.3) is 0 Å². The third-order valence-electron chi connectivity index (χ3n) is 1.91. The van der Waals surface area contributed by atoms with E-state index >= 15 is 0 Å². The van der Waals surface area contributed by atoms with Crippen LogP contribution in [-0.4, -0.2) is 23.9 Å². The predicted octanol–water partition coefficient (Wildman–Crippen LogP) is 3.19. The summed E-state index contributed by atoms with van der Waals surface area (Å²) in [5, 5.41) is -0.0113. The molecule has 0 saturated heterocycles. The standard InChI is InChI=1S/C10H8BrF4NO3/c1-2-18-9(17)6-5(3-11)4-16-8(12)7(6)19-10(13,14)15/h4H,2-3H2,1H3. The van der Waals surface area contributed by atoms with Crippen molar-refractivity contribution in [3.8, 4) is 5.75 Å². The van der Waals surface area contributed by atoms with Crippen molar-refractivity contribution in [1.29, 1.82) is 0 Å². The van der Waals surface area contributed by atoms with E-state index in [1.165, 1.54) is 6.92 Å². The molecule has 0 spiro atoms. The van der Waals surface area contributed by atoms with E-state index in [1.54, 1.807) is 0 Å². The molecule has 0 radical (unpaired) electrons. The first-order valence-electron chi connectivity index (χ1n) is 4.96. The second kappa shape index (κ2) is 6.18. The number of aromatic nitrogens is 1. The second-order valence-corrected chi connectivity index (χ2v) is 3.74. The molecule has 0 aromatic carbocycles. The van der Waals surface area contributed by atoms with E-state index in [2.05, 4.69) is 30.4 Å². The third kappa shape index (κ3) is 4.05. The van der Waals surface area contributed by atoms with Gasteiger partial charge in [0.05, 0.1) is 6.61 Å². The molecule has 0 unspecified atom stereocenters. The monoisotopic (exact) mass is 345 g/mol. The van der Waals surface area contributed by atoms with Gasteiger partial charge in [-0.25, -0.2) is 9.78 Å². The normalized spacial score (nSPS) is 11.3. The second-order valence-electron chi connectivity index (χ2n) is 3.18. The Bertz CT molecular complexity index is 479. The Morgan fingerprint density at radius 1 is 1.47 bits per heavy atom. The Morgan fingerprint density at radius 3 is 2.58 bits per heavy atom. The first kappa shape index (κ1) is 15.7. The van der Waals surface area contributed by atoms with Crippen molar-refractivity contribution in [3.05, 3.63) is 23.3 Å². The fourth-order valence-corrected chi connectivity index (χ4v) is 1.67. The molecular weight excluding hydrogens is 338 g/mol. The lowest BCUT2D eigenvalue weighted by molar-refractivity contribution is -0.275. The summed E-state index contributed by atoms with van der Waals surface area (Å²) in [7, 11) is 0. The Kier molecular flexibility index (Phi) is 5.10. The van der Waals surface area contributed by atoms with Gasteiger partial charge in [0.2, 0.25) is 0 Å². The predicted molar refractivity (Wildman–Crippen MR) is 59.5 cm³/mol. The number of nitrogens with zero attached hydrogens (tertiary/aromatic N) is 1. The molecule has 0 fully saturated rings. The van der Waals surface area contributed by atoms with E-state index < -0.39 is 29.6 Å². The number of pyridine rings is 1. The van der Waals surface area contributed by atoms with Crippen LogP contribution in [0.1, 0.15) is 22.8 Å². The zero-order valence-electron chi connectivity index (χ0n) is 9.55. The molecule has 1 heterocycles. The zero-order chi connectivity index (χ0) is 14.6. The lowest BCUT2D eigenvalue weighted by Gasteiger charge is -2.14. The van der Waals surface area contributed by atoms with Gasteiger partial charge in [0, 0.05) is 11.5 Å². The lowest BCUT2D eigenvalue weighted by atomic mass is 10.1. The van der Waals surface area contributed by atoms with Gasteiger partial charge in [-0.1, -0.05) is 15.9 Å². The van der Waals surface area contributed by atoms with Crippen LogP contribution < -0.4 is 4.74 Å². The SMILES string of the molecule is CCOC(=O)c1c(CBr)cnc(F)c1OC(F)(F)F. The maximum atomic E-state index is 13.3. The van der Waals surface area contributed by atoms with E-state index in [4.69, 9.17) is 0 Å². The van der Waals surface area contributed by atoms with Crippen molar-refractivity contribution in [2.45, 2.75) is 18.6 Å². The molecule has 0 bridgehead atoms. The summed E-state index contributed by atoms with van der Waals surface area (Å²) >= 11 is 2.96. The summed E-state index contributed by atoms with van der Waals surface area (Å²) in [4.78, 5) is 14.7. The van der Waals surface area contributed by atoms with Crippen molar-refractivity contribution < 1.29 is 31.8 Å². The summed E-state index contributed by atoms with van der Waals surface area (Å²) in [6.45, 7) is 1.39. The summed E-state index contributed by atoms with van der Waals surface area (Å²) in [6.07, 6.45) is -4.21. The van der Waals surface area contributed by atoms with Crippen LogP contribution in [-0.2, 0) is 10.1 Å². The Balaban J connectivity index is 3.36. The van der Waals surface area contributed by atoms with Crippen molar-refractivity contribution >= 4 is 21.9 Å². The molecular formula is C10H8BrF4NO3. The van der Waals surface area contributed by atoms with E-state index in [-0.39, 0.29) is 17.5 Å². The lowest BCUT2D eigenvalue weighted by Crippen LogP contribution is -2.22. The zero-order valence-corrected chi connectivity index (χ0v) is 11.1. The van der Waals surface area contributed by atoms with Crippen LogP contribution in [0.5, 0.6) is 5.75 Å². The highest BCUT2D eigenvalue weighted by Gasteiger charge is 2.36. The fraction of sp³-hybridized carbons (Fsp3) is 0.400. The molecule has 0 saturated carbocycles. The molecule has 4 nitrogen and oxygen atoms in total. The molecule has 0 aliphatic carbocycles. The Labute approximate surface area is 113 Å². The van der Waals surface area contributed by atoms with Gasteiger partial charge in [-0.2, -0.15) is 4.39 Å². The number of esters is 1. The van der Waals surface area contributed by atoms with Gasteiger partial charge in [0.1, 0.15) is 5.56 Å². The first-order valence-corrected chi connectivity index (χ1v) is 6.08. The van der Waals surface area contributed by atoms with E-state index in [9.17, 15) is 22.4 Å². The highest BCUT2D eigenvalue weighted by atomic mass is 79.9. The molecule has 0 aliphatic rings. The summed E-state index contributed by atoms with van der Waals surface area (Å²) in [6, 6.07) is 0. The Hall–Kier alpha value is -1.38. The largest absolute Gasteiger partial charge is 0.573 e. The number of carbonyl (C=O) groups is 1. The molecule has 0 aliphatic heterocycles. The van der Waals surface area contributed by atoms with Crippen LogP contribution >= 0.6 is 15.9 Å². The average Bonchev–Trinajstić information content (AvgIpc) is 2.30. The van der Waals surface area contributed by atoms with Gasteiger partial charge in [0.25, 0.3) is 5.95 Å². The number of alkyl halides is 4. The Morgan fingerprint density at radius 2 is 2.11 bits per heavy atom. The topological polar surface area (TPSA) is 48.4 Å². The highest BCUT2D eigenvalue weighted by molar-refractivity contribution is 9.08. The first-order chi connectivity index (χ1) is 8.80. The smallest absolute Gasteiger partial charge is 0.462 e. The van der Waals surface area contributed by atoms with E-state index in [0.717, 1.165) is 6.20 Å². The van der Waals surface area contributed by atoms with E-state index in [0.29, 0.717) is 0 Å². The van der Waals surface area contributed by atoms with Gasteiger partial charge in [-0.05, 0) is 12.5 Å². The van der Waals surface area contributed by atoms with Crippen LogP contribution in [0.4, 0.5) is 17.6 Å². The summed E-state index contributed by atoms with van der Waals surface area (Å²) < 4.78 is 58.0. The van der Waals surface area contributed by atoms with E-state index in [1.807, 2.05) is 0 Å². The van der Waals surface area contributed by atoms with Gasteiger partial charge in [-0.15, -0.1) is 13.2 Å². The molecule has 0 atom stereocenters. The fourth-order valence-electron chi connectivity index (χ4n) is 1.24. The number of carbonyl (C=O) groups excluding carboxylic acids is 1. The molecule has 9 heteroatoms. The molecule has 1 aromatic rings. The quantitative estimate of drug-likeness (QED) is 0.364. The van der Waals surface area contributed by atoms with Gasteiger partial charge >= 0.3 is 12.3 Å². The van der Waals surface area contributed by atoms with Gasteiger partial charge in [0.15, 0.2) is 5.75 Å². The third-order valence-corrected chi connectivity index (χ3v) is 2.51. The molecule has 19 heavy (non-hydrogen) atoms. The maximum Gasteiger partial charge on any atom is 0.573 e. The minimum Gasteiger partial charge on any atom is -0.462 e. The summed E-state index contributed by atoms with van der Waals surface area (Å²) in [5.74, 6) is -3.94.